The molecule has 3 rings (SSSR count). The maximum atomic E-state index is 9.65. The van der Waals surface area contributed by atoms with Gasteiger partial charge >= 0.3 is 0 Å². The zero-order valence-corrected chi connectivity index (χ0v) is 8.68. The highest BCUT2D eigenvalue weighted by Crippen LogP contribution is 2.33. The zero-order chi connectivity index (χ0) is 11.1. The molecule has 0 fully saturated rings. The third kappa shape index (κ3) is 1.24. The van der Waals surface area contributed by atoms with Crippen molar-refractivity contribution in [2.75, 3.05) is 0 Å². The second-order valence-electron chi connectivity index (χ2n) is 3.83. The molecule has 0 amide bonds. The summed E-state index contributed by atoms with van der Waals surface area (Å²) in [6, 6.07) is 13.5. The number of furan rings is 1. The van der Waals surface area contributed by atoms with Crippen LogP contribution in [0.1, 0.15) is 11.7 Å². The van der Waals surface area contributed by atoms with Crippen molar-refractivity contribution < 1.29 is 9.52 Å². The summed E-state index contributed by atoms with van der Waals surface area (Å²) in [6.45, 7) is 3.66. The van der Waals surface area contributed by atoms with Crippen molar-refractivity contribution in [1.82, 2.24) is 0 Å². The van der Waals surface area contributed by atoms with Gasteiger partial charge in [0.15, 0.2) is 0 Å². The normalized spacial score (nSPS) is 13.4. The second kappa shape index (κ2) is 3.35. The number of aliphatic hydroxyl groups is 1. The van der Waals surface area contributed by atoms with Crippen LogP contribution in [0, 0.1) is 6.92 Å². The van der Waals surface area contributed by atoms with E-state index >= 15 is 0 Å². The Morgan fingerprint density at radius 2 is 1.75 bits per heavy atom. The Morgan fingerprint density at radius 3 is 2.56 bits per heavy atom. The average molecular weight is 211 g/mol. The number of aliphatic hydroxyl groups excluding tert-OH is 1. The first-order chi connectivity index (χ1) is 7.77. The molecule has 0 bridgehead atoms. The molecular formula is C14H11O2. The first-order valence-electron chi connectivity index (χ1n) is 5.18. The van der Waals surface area contributed by atoms with Gasteiger partial charge in [0.05, 0.1) is 6.10 Å². The van der Waals surface area contributed by atoms with E-state index in [4.69, 9.17) is 4.42 Å². The summed E-state index contributed by atoms with van der Waals surface area (Å²) >= 11 is 0. The Hall–Kier alpha value is -1.80. The van der Waals surface area contributed by atoms with Gasteiger partial charge in [-0.3, -0.25) is 0 Å². The fraction of sp³-hybridized carbons (Fsp3) is 0.0714. The molecule has 1 atom stereocenters. The van der Waals surface area contributed by atoms with Crippen LogP contribution in [0.15, 0.2) is 46.9 Å². The van der Waals surface area contributed by atoms with Crippen molar-refractivity contribution in [3.63, 3.8) is 0 Å². The Morgan fingerprint density at radius 1 is 1.00 bits per heavy atom. The largest absolute Gasteiger partial charge is 0.456 e. The lowest BCUT2D eigenvalue weighted by atomic mass is 10.0. The molecule has 0 aliphatic heterocycles. The molecule has 1 aromatic heterocycles. The second-order valence-corrected chi connectivity index (χ2v) is 3.83. The lowest BCUT2D eigenvalue weighted by Gasteiger charge is -2.05. The molecule has 3 aromatic rings. The number of fused-ring (bicyclic) bond motifs is 3. The Bertz CT molecular complexity index is 650. The first kappa shape index (κ1) is 9.43. The lowest BCUT2D eigenvalue weighted by molar-refractivity contribution is 0.227. The van der Waals surface area contributed by atoms with Crippen molar-refractivity contribution in [2.24, 2.45) is 0 Å². The van der Waals surface area contributed by atoms with E-state index in [0.29, 0.717) is 0 Å². The van der Waals surface area contributed by atoms with Crippen LogP contribution in [0.2, 0.25) is 0 Å². The molecule has 79 valence electrons. The summed E-state index contributed by atoms with van der Waals surface area (Å²) < 4.78 is 5.70. The quantitative estimate of drug-likeness (QED) is 0.668. The van der Waals surface area contributed by atoms with Crippen LogP contribution in [0.3, 0.4) is 0 Å². The number of benzene rings is 2. The Labute approximate surface area is 93.1 Å². The van der Waals surface area contributed by atoms with Gasteiger partial charge in [0.2, 0.25) is 0 Å². The van der Waals surface area contributed by atoms with E-state index in [2.05, 4.69) is 6.92 Å². The number of para-hydroxylation sites is 1. The van der Waals surface area contributed by atoms with Crippen molar-refractivity contribution in [3.8, 4) is 0 Å². The highest BCUT2D eigenvalue weighted by atomic mass is 16.3. The maximum absolute atomic E-state index is 9.65. The van der Waals surface area contributed by atoms with Gasteiger partial charge in [-0.15, -0.1) is 0 Å². The summed E-state index contributed by atoms with van der Waals surface area (Å²) in [7, 11) is 0. The Kier molecular flexibility index (Phi) is 1.98. The molecule has 2 aromatic carbocycles. The molecule has 2 heteroatoms. The van der Waals surface area contributed by atoms with Crippen LogP contribution >= 0.6 is 0 Å². The molecule has 0 aliphatic carbocycles. The molecule has 0 aliphatic rings. The summed E-state index contributed by atoms with van der Waals surface area (Å²) in [4.78, 5) is 0. The highest BCUT2D eigenvalue weighted by molar-refractivity contribution is 6.06. The summed E-state index contributed by atoms with van der Waals surface area (Å²) in [6.07, 6.45) is -0.732. The van der Waals surface area contributed by atoms with Gasteiger partial charge in [0.25, 0.3) is 0 Å². The van der Waals surface area contributed by atoms with E-state index in [1.165, 1.54) is 0 Å². The van der Waals surface area contributed by atoms with E-state index in [1.54, 1.807) is 0 Å². The maximum Gasteiger partial charge on any atom is 0.135 e. The van der Waals surface area contributed by atoms with E-state index in [1.807, 2.05) is 42.5 Å². The molecule has 16 heavy (non-hydrogen) atoms. The minimum atomic E-state index is -0.732. The molecule has 1 unspecified atom stereocenters. The van der Waals surface area contributed by atoms with Crippen LogP contribution in [-0.2, 0) is 0 Å². The highest BCUT2D eigenvalue weighted by Gasteiger charge is 2.12. The Balaban J connectivity index is 2.53. The van der Waals surface area contributed by atoms with E-state index in [-0.39, 0.29) is 0 Å². The number of hydrogen-bond donors (Lipinski definition) is 1. The molecule has 1 radical (unpaired) electrons. The predicted molar refractivity (Wildman–Crippen MR) is 64.0 cm³/mol. The van der Waals surface area contributed by atoms with E-state index in [0.717, 1.165) is 27.5 Å². The van der Waals surface area contributed by atoms with Crippen LogP contribution in [0.5, 0.6) is 0 Å². The van der Waals surface area contributed by atoms with Crippen LogP contribution in [0.25, 0.3) is 21.9 Å². The van der Waals surface area contributed by atoms with Gasteiger partial charge in [-0.25, -0.2) is 0 Å². The summed E-state index contributed by atoms with van der Waals surface area (Å²) in [5, 5.41) is 11.6. The van der Waals surface area contributed by atoms with E-state index < -0.39 is 6.10 Å². The SMILES string of the molecule is [CH2]C(O)c1cccc2oc3ccccc3c12. The van der Waals surface area contributed by atoms with Gasteiger partial charge in [-0.2, -0.15) is 0 Å². The zero-order valence-electron chi connectivity index (χ0n) is 8.68. The van der Waals surface area contributed by atoms with Gasteiger partial charge < -0.3 is 9.52 Å². The summed E-state index contributed by atoms with van der Waals surface area (Å²) in [5.74, 6) is 0. The fourth-order valence-electron chi connectivity index (χ4n) is 2.08. The number of rotatable bonds is 1. The van der Waals surface area contributed by atoms with Crippen molar-refractivity contribution >= 4 is 21.9 Å². The average Bonchev–Trinajstić information content (AvgIpc) is 2.66. The number of hydrogen-bond acceptors (Lipinski definition) is 2. The molecular weight excluding hydrogens is 200 g/mol. The first-order valence-corrected chi connectivity index (χ1v) is 5.18. The standard InChI is InChI=1S/C14H11O2/c1-9(15)10-6-4-8-13-14(10)11-5-2-3-7-12(11)16-13/h2-9,15H,1H2. The molecule has 1 heterocycles. The molecule has 0 saturated heterocycles. The van der Waals surface area contributed by atoms with Crippen LogP contribution in [0.4, 0.5) is 0 Å². The van der Waals surface area contributed by atoms with Crippen molar-refractivity contribution in [2.45, 2.75) is 6.10 Å². The fourth-order valence-corrected chi connectivity index (χ4v) is 2.08. The minimum Gasteiger partial charge on any atom is -0.456 e. The van der Waals surface area contributed by atoms with Gasteiger partial charge in [-0.05, 0) is 24.6 Å². The van der Waals surface area contributed by atoms with Gasteiger partial charge in [0, 0.05) is 10.8 Å². The van der Waals surface area contributed by atoms with Crippen LogP contribution < -0.4 is 0 Å². The predicted octanol–water partition coefficient (Wildman–Crippen LogP) is 3.45. The summed E-state index contributed by atoms with van der Waals surface area (Å²) in [5.41, 5.74) is 2.44. The van der Waals surface area contributed by atoms with Crippen molar-refractivity contribution in [3.05, 3.63) is 55.0 Å². The van der Waals surface area contributed by atoms with Gasteiger partial charge in [-0.1, -0.05) is 30.3 Å². The third-order valence-corrected chi connectivity index (χ3v) is 2.79. The lowest BCUT2D eigenvalue weighted by Crippen LogP contribution is -1.91. The van der Waals surface area contributed by atoms with Crippen LogP contribution in [-0.4, -0.2) is 5.11 Å². The van der Waals surface area contributed by atoms with Gasteiger partial charge in [0.1, 0.15) is 11.2 Å². The smallest absolute Gasteiger partial charge is 0.135 e. The van der Waals surface area contributed by atoms with Crippen molar-refractivity contribution in [1.29, 1.82) is 0 Å². The molecule has 1 N–H and O–H groups in total. The third-order valence-electron chi connectivity index (χ3n) is 2.79. The topological polar surface area (TPSA) is 33.4 Å². The molecule has 0 saturated carbocycles. The van der Waals surface area contributed by atoms with E-state index in [9.17, 15) is 5.11 Å². The molecule has 2 nitrogen and oxygen atoms in total. The monoisotopic (exact) mass is 211 g/mol. The minimum absolute atomic E-state index is 0.732. The molecule has 0 spiro atoms.